The number of aryl methyl sites for hydroxylation is 2. The van der Waals surface area contributed by atoms with E-state index in [4.69, 9.17) is 0 Å². The highest BCUT2D eigenvalue weighted by Gasteiger charge is 2.10. The Morgan fingerprint density at radius 1 is 1.56 bits per heavy atom. The molecule has 0 bridgehead atoms. The van der Waals surface area contributed by atoms with Crippen LogP contribution in [0.2, 0.25) is 0 Å². The van der Waals surface area contributed by atoms with Gasteiger partial charge in [0, 0.05) is 46.1 Å². The maximum absolute atomic E-state index is 4.46. The van der Waals surface area contributed by atoms with Gasteiger partial charge in [0.1, 0.15) is 0 Å². The van der Waals surface area contributed by atoms with Gasteiger partial charge in [-0.25, -0.2) is 0 Å². The Bertz CT molecular complexity index is 518. The Kier molecular flexibility index (Phi) is 4.59. The monoisotopic (exact) mass is 327 g/mol. The number of thiophene rings is 1. The average Bonchev–Trinajstić information content (AvgIpc) is 2.92. The van der Waals surface area contributed by atoms with Crippen molar-refractivity contribution in [3.63, 3.8) is 0 Å². The van der Waals surface area contributed by atoms with Crippen LogP contribution in [0.25, 0.3) is 0 Å². The van der Waals surface area contributed by atoms with Gasteiger partial charge in [0.15, 0.2) is 0 Å². The molecule has 0 radical (unpaired) electrons. The van der Waals surface area contributed by atoms with E-state index in [9.17, 15) is 0 Å². The van der Waals surface area contributed by atoms with Crippen LogP contribution >= 0.6 is 27.3 Å². The number of rotatable bonds is 5. The third-order valence-electron chi connectivity index (χ3n) is 2.94. The van der Waals surface area contributed by atoms with Crippen molar-refractivity contribution in [1.82, 2.24) is 15.1 Å². The molecule has 2 aromatic rings. The molecule has 2 aromatic heterocycles. The van der Waals surface area contributed by atoms with E-state index in [0.29, 0.717) is 6.04 Å². The van der Waals surface area contributed by atoms with E-state index in [2.05, 4.69) is 57.8 Å². The summed E-state index contributed by atoms with van der Waals surface area (Å²) in [7, 11) is 1.97. The van der Waals surface area contributed by atoms with Crippen molar-refractivity contribution >= 4 is 27.3 Å². The van der Waals surface area contributed by atoms with Crippen molar-refractivity contribution in [2.45, 2.75) is 32.9 Å². The zero-order valence-corrected chi connectivity index (χ0v) is 13.3. The van der Waals surface area contributed by atoms with Crippen molar-refractivity contribution in [1.29, 1.82) is 0 Å². The molecule has 3 nitrogen and oxygen atoms in total. The van der Waals surface area contributed by atoms with Crippen LogP contribution in [0.3, 0.4) is 0 Å². The van der Waals surface area contributed by atoms with Crippen LogP contribution in [0.15, 0.2) is 22.1 Å². The van der Waals surface area contributed by atoms with Crippen LogP contribution in [-0.2, 0) is 20.0 Å². The highest BCUT2D eigenvalue weighted by molar-refractivity contribution is 9.10. The molecular weight excluding hydrogens is 310 g/mol. The highest BCUT2D eigenvalue weighted by Crippen LogP contribution is 2.25. The summed E-state index contributed by atoms with van der Waals surface area (Å²) in [4.78, 5) is 1.35. The summed E-state index contributed by atoms with van der Waals surface area (Å²) in [6, 6.07) is 2.54. The third-order valence-corrected chi connectivity index (χ3v) is 4.82. The summed E-state index contributed by atoms with van der Waals surface area (Å²) in [5.41, 5.74) is 2.48. The number of hydrogen-bond donors (Lipinski definition) is 1. The predicted molar refractivity (Wildman–Crippen MR) is 79.9 cm³/mol. The van der Waals surface area contributed by atoms with Crippen molar-refractivity contribution in [3.05, 3.63) is 38.3 Å². The molecule has 1 unspecified atom stereocenters. The van der Waals surface area contributed by atoms with Crippen LogP contribution in [0, 0.1) is 0 Å². The molecular formula is C13H18BrN3S. The van der Waals surface area contributed by atoms with Crippen molar-refractivity contribution in [3.8, 4) is 0 Å². The molecule has 0 aliphatic carbocycles. The van der Waals surface area contributed by atoms with Crippen molar-refractivity contribution < 1.29 is 0 Å². The standard InChI is InChI=1S/C13H18BrN3S/c1-4-12-10(7-17(3)16-12)6-15-9(2)13-5-11(14)8-18-13/h5,7-9,15H,4,6H2,1-3H3. The van der Waals surface area contributed by atoms with E-state index in [1.807, 2.05) is 11.7 Å². The quantitative estimate of drug-likeness (QED) is 0.908. The first-order valence-electron chi connectivity index (χ1n) is 6.08. The summed E-state index contributed by atoms with van der Waals surface area (Å²) < 4.78 is 3.05. The van der Waals surface area contributed by atoms with Gasteiger partial charge in [-0.2, -0.15) is 5.10 Å². The maximum Gasteiger partial charge on any atom is 0.0666 e. The number of nitrogens with zero attached hydrogens (tertiary/aromatic N) is 2. The van der Waals surface area contributed by atoms with Gasteiger partial charge in [-0.3, -0.25) is 4.68 Å². The van der Waals surface area contributed by atoms with Crippen LogP contribution < -0.4 is 5.32 Å². The molecule has 0 amide bonds. The number of aromatic nitrogens is 2. The van der Waals surface area contributed by atoms with Crippen LogP contribution in [0.1, 0.15) is 36.0 Å². The molecule has 1 N–H and O–H groups in total. The topological polar surface area (TPSA) is 29.9 Å². The lowest BCUT2D eigenvalue weighted by Crippen LogP contribution is -2.17. The SMILES string of the molecule is CCc1nn(C)cc1CNC(C)c1cc(Br)cs1. The Labute approximate surface area is 120 Å². The molecule has 0 saturated heterocycles. The highest BCUT2D eigenvalue weighted by atomic mass is 79.9. The summed E-state index contributed by atoms with van der Waals surface area (Å²) in [6.45, 7) is 5.21. The van der Waals surface area contributed by atoms with Crippen LogP contribution in [0.4, 0.5) is 0 Å². The lowest BCUT2D eigenvalue weighted by atomic mass is 10.2. The van der Waals surface area contributed by atoms with E-state index < -0.39 is 0 Å². The minimum absolute atomic E-state index is 0.367. The number of hydrogen-bond acceptors (Lipinski definition) is 3. The second-order valence-corrected chi connectivity index (χ2v) is 6.26. The third kappa shape index (κ3) is 3.22. The number of nitrogens with one attached hydrogen (secondary N) is 1. The van der Waals surface area contributed by atoms with Gasteiger partial charge in [-0.15, -0.1) is 11.3 Å². The summed E-state index contributed by atoms with van der Waals surface area (Å²) in [5, 5.41) is 10.1. The van der Waals surface area contributed by atoms with Crippen molar-refractivity contribution in [2.24, 2.45) is 7.05 Å². The van der Waals surface area contributed by atoms with E-state index in [-0.39, 0.29) is 0 Å². The molecule has 98 valence electrons. The fraction of sp³-hybridized carbons (Fsp3) is 0.462. The molecule has 2 rings (SSSR count). The Morgan fingerprint density at radius 2 is 2.33 bits per heavy atom. The van der Waals surface area contributed by atoms with Crippen LogP contribution in [-0.4, -0.2) is 9.78 Å². The van der Waals surface area contributed by atoms with Gasteiger partial charge >= 0.3 is 0 Å². The first-order valence-corrected chi connectivity index (χ1v) is 7.76. The molecule has 1 atom stereocenters. The summed E-state index contributed by atoms with van der Waals surface area (Å²) in [6.07, 6.45) is 3.08. The molecule has 0 aromatic carbocycles. The van der Waals surface area contributed by atoms with Gasteiger partial charge in [0.05, 0.1) is 5.69 Å². The molecule has 2 heterocycles. The van der Waals surface area contributed by atoms with Gasteiger partial charge in [0.2, 0.25) is 0 Å². The first kappa shape index (κ1) is 13.8. The van der Waals surface area contributed by atoms with E-state index in [0.717, 1.165) is 17.4 Å². The Morgan fingerprint density at radius 3 is 2.94 bits per heavy atom. The smallest absolute Gasteiger partial charge is 0.0666 e. The Hall–Kier alpha value is -0.650. The number of halogens is 1. The largest absolute Gasteiger partial charge is 0.305 e. The summed E-state index contributed by atoms with van der Waals surface area (Å²) >= 11 is 5.27. The second kappa shape index (κ2) is 5.99. The molecule has 0 aliphatic rings. The van der Waals surface area contributed by atoms with Crippen LogP contribution in [0.5, 0.6) is 0 Å². The van der Waals surface area contributed by atoms with E-state index in [1.165, 1.54) is 16.1 Å². The van der Waals surface area contributed by atoms with Crippen molar-refractivity contribution in [2.75, 3.05) is 0 Å². The zero-order chi connectivity index (χ0) is 13.1. The molecule has 0 spiro atoms. The summed E-state index contributed by atoms with van der Waals surface area (Å²) in [5.74, 6) is 0. The lowest BCUT2D eigenvalue weighted by molar-refractivity contribution is 0.580. The minimum atomic E-state index is 0.367. The minimum Gasteiger partial charge on any atom is -0.305 e. The van der Waals surface area contributed by atoms with E-state index >= 15 is 0 Å². The normalized spacial score (nSPS) is 12.9. The molecule has 5 heteroatoms. The average molecular weight is 328 g/mol. The zero-order valence-electron chi connectivity index (χ0n) is 10.9. The molecule has 18 heavy (non-hydrogen) atoms. The van der Waals surface area contributed by atoms with Gasteiger partial charge in [-0.1, -0.05) is 6.92 Å². The molecule has 0 fully saturated rings. The van der Waals surface area contributed by atoms with Gasteiger partial charge in [-0.05, 0) is 35.3 Å². The predicted octanol–water partition coefficient (Wildman–Crippen LogP) is 3.66. The maximum atomic E-state index is 4.46. The van der Waals surface area contributed by atoms with Gasteiger partial charge in [0.25, 0.3) is 0 Å². The van der Waals surface area contributed by atoms with Gasteiger partial charge < -0.3 is 5.32 Å². The molecule has 0 saturated carbocycles. The Balaban J connectivity index is 1.98. The fourth-order valence-corrected chi connectivity index (χ4v) is 3.43. The first-order chi connectivity index (χ1) is 8.60. The fourth-order valence-electron chi connectivity index (χ4n) is 1.95. The second-order valence-electron chi connectivity index (χ2n) is 4.40. The van der Waals surface area contributed by atoms with E-state index in [1.54, 1.807) is 11.3 Å². The lowest BCUT2D eigenvalue weighted by Gasteiger charge is -2.11. The molecule has 0 aliphatic heterocycles.